The number of aliphatic imine (C=N–C) groups is 2. The highest BCUT2D eigenvalue weighted by Gasteiger charge is 2.37. The SMILES string of the molecule is C1=CC2c3ccccc3N(c3ccc4c(c3)sc3cccc(-c5ccc6c(c5)oc5c(C7N=C(c8ccccc8)NC(c8ccccc8)=N7)cccc56)c34)C2C=C1. The molecule has 0 amide bonds. The third kappa shape index (κ3) is 5.14. The normalized spacial score (nSPS) is 17.6. The lowest BCUT2D eigenvalue weighted by atomic mass is 9.91. The zero-order chi connectivity index (χ0) is 37.5. The van der Waals surface area contributed by atoms with Gasteiger partial charge in [-0.1, -0.05) is 146 Å². The first-order valence-corrected chi connectivity index (χ1v) is 20.2. The molecule has 2 aliphatic heterocycles. The van der Waals surface area contributed by atoms with Crippen molar-refractivity contribution in [2.75, 3.05) is 4.90 Å². The first-order valence-electron chi connectivity index (χ1n) is 19.4. The maximum Gasteiger partial charge on any atom is 0.173 e. The molecule has 1 N–H and O–H groups in total. The summed E-state index contributed by atoms with van der Waals surface area (Å²) in [6, 6.07) is 56.2. The number of furan rings is 1. The lowest BCUT2D eigenvalue weighted by molar-refractivity contribution is 0.649. The Kier molecular flexibility index (Phi) is 7.22. The molecule has 0 saturated carbocycles. The number of anilines is 2. The minimum atomic E-state index is -0.485. The van der Waals surface area contributed by atoms with E-state index in [0.29, 0.717) is 5.92 Å². The Balaban J connectivity index is 0.955. The Bertz CT molecular complexity index is 3130. The predicted octanol–water partition coefficient (Wildman–Crippen LogP) is 12.8. The van der Waals surface area contributed by atoms with Gasteiger partial charge in [-0.3, -0.25) is 0 Å². The van der Waals surface area contributed by atoms with Crippen molar-refractivity contribution in [3.8, 4) is 11.1 Å². The van der Waals surface area contributed by atoms with Crippen LogP contribution in [-0.4, -0.2) is 17.7 Å². The monoisotopic (exact) mass is 750 g/mol. The van der Waals surface area contributed by atoms with E-state index in [1.165, 1.54) is 42.7 Å². The van der Waals surface area contributed by atoms with E-state index >= 15 is 0 Å². The van der Waals surface area contributed by atoms with Crippen molar-refractivity contribution in [2.45, 2.75) is 18.1 Å². The summed E-state index contributed by atoms with van der Waals surface area (Å²) in [5.74, 6) is 1.93. The number of fused-ring (bicyclic) bond motifs is 9. The number of amidine groups is 2. The van der Waals surface area contributed by atoms with Gasteiger partial charge in [0.1, 0.15) is 22.8 Å². The van der Waals surface area contributed by atoms with Crippen LogP contribution in [0.15, 0.2) is 196 Å². The summed E-state index contributed by atoms with van der Waals surface area (Å²) in [6.07, 6.45) is 8.56. The highest BCUT2D eigenvalue weighted by atomic mass is 32.1. The minimum Gasteiger partial charge on any atom is -0.456 e. The number of hydrogen-bond acceptors (Lipinski definition) is 6. The van der Waals surface area contributed by atoms with E-state index < -0.39 is 6.17 Å². The number of para-hydroxylation sites is 2. The number of nitrogens with one attached hydrogen (secondary N) is 1. The Labute approximate surface area is 333 Å². The van der Waals surface area contributed by atoms with Gasteiger partial charge in [-0.05, 0) is 53.1 Å². The van der Waals surface area contributed by atoms with Crippen LogP contribution in [0.25, 0.3) is 53.2 Å². The Hall–Kier alpha value is -7.02. The molecule has 3 aliphatic rings. The Morgan fingerprint density at radius 2 is 1.28 bits per heavy atom. The van der Waals surface area contributed by atoms with Crippen molar-refractivity contribution in [2.24, 2.45) is 9.98 Å². The van der Waals surface area contributed by atoms with Crippen molar-refractivity contribution in [3.05, 3.63) is 204 Å². The topological polar surface area (TPSA) is 53.1 Å². The first kappa shape index (κ1) is 32.2. The molecule has 12 rings (SSSR count). The third-order valence-electron chi connectivity index (χ3n) is 11.7. The standard InChI is InChI=1S/C51H34N4OS/c1-3-13-31(14-4-1)49-52-50(32-15-5-2-6-16-32)54-51(53-49)41-21-11-20-39-38-27-25-33(29-44(38)56-48(39)41)35-19-12-24-45-47(35)40-28-26-34(30-46(40)57-45)55-42-22-9-7-17-36(42)37-18-8-10-23-43(37)55/h1-30,36,42,51H,(H,52,53,54). The van der Waals surface area contributed by atoms with Crippen LogP contribution < -0.4 is 10.2 Å². The number of rotatable bonds is 5. The van der Waals surface area contributed by atoms with Crippen molar-refractivity contribution in [3.63, 3.8) is 0 Å². The van der Waals surface area contributed by atoms with Crippen molar-refractivity contribution < 1.29 is 4.42 Å². The molecule has 270 valence electrons. The van der Waals surface area contributed by atoms with E-state index in [0.717, 1.165) is 55.9 Å². The van der Waals surface area contributed by atoms with Crippen LogP contribution in [-0.2, 0) is 0 Å². The lowest BCUT2D eigenvalue weighted by Crippen LogP contribution is -2.36. The molecule has 0 fully saturated rings. The molecule has 2 atom stereocenters. The summed E-state index contributed by atoms with van der Waals surface area (Å²) >= 11 is 1.86. The molecule has 2 unspecified atom stereocenters. The molecule has 7 aromatic carbocycles. The quantitative estimate of drug-likeness (QED) is 0.191. The molecule has 0 bridgehead atoms. The second-order valence-electron chi connectivity index (χ2n) is 14.9. The van der Waals surface area contributed by atoms with Crippen LogP contribution in [0.3, 0.4) is 0 Å². The summed E-state index contributed by atoms with van der Waals surface area (Å²) in [5, 5.41) is 8.19. The van der Waals surface area contributed by atoms with E-state index in [1.807, 2.05) is 47.7 Å². The van der Waals surface area contributed by atoms with Gasteiger partial charge in [0.25, 0.3) is 0 Å². The average Bonchev–Trinajstić information content (AvgIpc) is 3.96. The molecule has 9 aromatic rings. The summed E-state index contributed by atoms with van der Waals surface area (Å²) in [5.41, 5.74) is 10.8. The number of allylic oxidation sites excluding steroid dienone is 2. The first-order chi connectivity index (χ1) is 28.2. The van der Waals surface area contributed by atoms with Gasteiger partial charge >= 0.3 is 0 Å². The number of hydrogen-bond donors (Lipinski definition) is 1. The second-order valence-corrected chi connectivity index (χ2v) is 16.0. The summed E-state index contributed by atoms with van der Waals surface area (Å²) < 4.78 is 9.40. The van der Waals surface area contributed by atoms with Crippen LogP contribution in [0.5, 0.6) is 0 Å². The van der Waals surface area contributed by atoms with Gasteiger partial charge in [0.2, 0.25) is 0 Å². The molecule has 57 heavy (non-hydrogen) atoms. The van der Waals surface area contributed by atoms with Gasteiger partial charge in [-0.15, -0.1) is 11.3 Å². The third-order valence-corrected chi connectivity index (χ3v) is 12.8. The van der Waals surface area contributed by atoms with Crippen LogP contribution >= 0.6 is 11.3 Å². The van der Waals surface area contributed by atoms with E-state index in [2.05, 4.69) is 156 Å². The van der Waals surface area contributed by atoms with Gasteiger partial charge in [0, 0.05) is 64.9 Å². The van der Waals surface area contributed by atoms with Crippen molar-refractivity contribution in [1.29, 1.82) is 0 Å². The lowest BCUT2D eigenvalue weighted by Gasteiger charge is -2.28. The molecule has 4 heterocycles. The summed E-state index contributed by atoms with van der Waals surface area (Å²) in [6.45, 7) is 0. The molecule has 0 radical (unpaired) electrons. The Morgan fingerprint density at radius 3 is 2.11 bits per heavy atom. The van der Waals surface area contributed by atoms with E-state index in [1.54, 1.807) is 0 Å². The predicted molar refractivity (Wildman–Crippen MR) is 237 cm³/mol. The molecule has 2 aromatic heterocycles. The fraction of sp³-hybridized carbons (Fsp3) is 0.0588. The molecule has 6 heteroatoms. The van der Waals surface area contributed by atoms with Crippen molar-refractivity contribution >= 4 is 76.5 Å². The average molecular weight is 751 g/mol. The zero-order valence-electron chi connectivity index (χ0n) is 30.7. The van der Waals surface area contributed by atoms with E-state index in [4.69, 9.17) is 14.4 Å². The van der Waals surface area contributed by atoms with Crippen LogP contribution in [0.4, 0.5) is 11.4 Å². The second kappa shape index (κ2) is 12.8. The van der Waals surface area contributed by atoms with Crippen molar-refractivity contribution in [1.82, 2.24) is 5.32 Å². The maximum absolute atomic E-state index is 6.83. The number of benzene rings is 7. The maximum atomic E-state index is 6.83. The van der Waals surface area contributed by atoms with E-state index in [-0.39, 0.29) is 6.04 Å². The van der Waals surface area contributed by atoms with Crippen LogP contribution in [0.1, 0.15) is 34.3 Å². The number of nitrogens with zero attached hydrogens (tertiary/aromatic N) is 3. The van der Waals surface area contributed by atoms with Gasteiger partial charge in [-0.2, -0.15) is 0 Å². The number of thiophene rings is 1. The van der Waals surface area contributed by atoms with Gasteiger partial charge in [0.05, 0.1) is 6.04 Å². The summed E-state index contributed by atoms with van der Waals surface area (Å²) in [7, 11) is 0. The van der Waals surface area contributed by atoms with Crippen LogP contribution in [0, 0.1) is 0 Å². The van der Waals surface area contributed by atoms with Gasteiger partial charge in [-0.25, -0.2) is 9.98 Å². The largest absolute Gasteiger partial charge is 0.456 e. The fourth-order valence-electron chi connectivity index (χ4n) is 9.06. The molecule has 1 aliphatic carbocycles. The molecular formula is C51H34N4OS. The van der Waals surface area contributed by atoms with Gasteiger partial charge in [0.15, 0.2) is 6.17 Å². The highest BCUT2D eigenvalue weighted by molar-refractivity contribution is 7.26. The molecule has 5 nitrogen and oxygen atoms in total. The highest BCUT2D eigenvalue weighted by Crippen LogP contribution is 2.49. The zero-order valence-corrected chi connectivity index (χ0v) is 31.5. The van der Waals surface area contributed by atoms with Gasteiger partial charge < -0.3 is 14.6 Å². The smallest absolute Gasteiger partial charge is 0.173 e. The molecule has 0 spiro atoms. The minimum absolute atomic E-state index is 0.274. The van der Waals surface area contributed by atoms with Crippen LogP contribution in [0.2, 0.25) is 0 Å². The summed E-state index contributed by atoms with van der Waals surface area (Å²) in [4.78, 5) is 12.8. The molecule has 0 saturated heterocycles. The fourth-order valence-corrected chi connectivity index (χ4v) is 10.2. The Morgan fingerprint density at radius 1 is 0.561 bits per heavy atom. The molecular weight excluding hydrogens is 717 g/mol. The van der Waals surface area contributed by atoms with E-state index in [9.17, 15) is 0 Å².